The lowest BCUT2D eigenvalue weighted by Gasteiger charge is -2.27. The van der Waals surface area contributed by atoms with E-state index in [0.29, 0.717) is 12.8 Å². The molecule has 3 atom stereocenters. The van der Waals surface area contributed by atoms with Crippen LogP contribution >= 0.6 is 0 Å². The number of sulfone groups is 1. The third kappa shape index (κ3) is 2.01. The highest BCUT2D eigenvalue weighted by molar-refractivity contribution is 7.90. The van der Waals surface area contributed by atoms with Crippen LogP contribution < -0.4 is 0 Å². The van der Waals surface area contributed by atoms with Crippen LogP contribution in [-0.2, 0) is 14.6 Å². The lowest BCUT2D eigenvalue weighted by molar-refractivity contribution is 0.0779. The number of ether oxygens (including phenoxy) is 1. The van der Waals surface area contributed by atoms with Gasteiger partial charge in [0.05, 0.1) is 29.4 Å². The van der Waals surface area contributed by atoms with Gasteiger partial charge in [0.1, 0.15) is 9.84 Å². The number of fused-ring (bicyclic) bond motifs is 2. The molecule has 84 valence electrons. The van der Waals surface area contributed by atoms with Crippen LogP contribution in [0.3, 0.4) is 0 Å². The predicted molar refractivity (Wildman–Crippen MR) is 54.9 cm³/mol. The molecule has 0 N–H and O–H groups in total. The van der Waals surface area contributed by atoms with E-state index in [0.717, 1.165) is 12.8 Å². The molecule has 15 heavy (non-hydrogen) atoms. The van der Waals surface area contributed by atoms with Crippen molar-refractivity contribution in [2.45, 2.75) is 37.9 Å². The van der Waals surface area contributed by atoms with Crippen molar-refractivity contribution >= 4 is 9.84 Å². The smallest absolute Gasteiger partial charge is 0.147 e. The Labute approximate surface area is 90.1 Å². The molecule has 0 aromatic heterocycles. The van der Waals surface area contributed by atoms with Crippen molar-refractivity contribution in [3.63, 3.8) is 0 Å². The lowest BCUT2D eigenvalue weighted by Crippen LogP contribution is -2.32. The van der Waals surface area contributed by atoms with E-state index in [4.69, 9.17) is 4.74 Å². The molecule has 0 aromatic rings. The highest BCUT2D eigenvalue weighted by atomic mass is 32.2. The number of nitrogens with zero attached hydrogens (tertiary/aromatic N) is 1. The summed E-state index contributed by atoms with van der Waals surface area (Å²) in [5.41, 5.74) is -0.536. The predicted octanol–water partition coefficient (Wildman–Crippen LogP) is 0.882. The number of rotatable bonds is 3. The molecule has 2 rings (SSSR count). The van der Waals surface area contributed by atoms with Crippen LogP contribution in [0, 0.1) is 16.7 Å². The average Bonchev–Trinajstić information content (AvgIpc) is 2.73. The molecule has 0 aromatic carbocycles. The van der Waals surface area contributed by atoms with Gasteiger partial charge in [-0.3, -0.25) is 0 Å². The van der Waals surface area contributed by atoms with E-state index in [9.17, 15) is 13.7 Å². The molecular formula is C10H15NO3S. The topological polar surface area (TPSA) is 67.2 Å². The molecule has 2 saturated heterocycles. The Hall–Kier alpha value is -0.600. The third-order valence-electron chi connectivity index (χ3n) is 3.46. The molecular weight excluding hydrogens is 214 g/mol. The largest absolute Gasteiger partial charge is 0.373 e. The van der Waals surface area contributed by atoms with Crippen LogP contribution in [0.2, 0.25) is 0 Å². The Bertz CT molecular complexity index is 397. The van der Waals surface area contributed by atoms with E-state index in [-0.39, 0.29) is 18.0 Å². The van der Waals surface area contributed by atoms with E-state index in [1.54, 1.807) is 0 Å². The summed E-state index contributed by atoms with van der Waals surface area (Å²) in [5.74, 6) is 0.0904. The second-order valence-corrected chi connectivity index (χ2v) is 6.94. The summed E-state index contributed by atoms with van der Waals surface area (Å²) < 4.78 is 27.8. The van der Waals surface area contributed by atoms with Crippen molar-refractivity contribution < 1.29 is 13.2 Å². The van der Waals surface area contributed by atoms with Crippen molar-refractivity contribution in [1.82, 2.24) is 0 Å². The van der Waals surface area contributed by atoms with Gasteiger partial charge < -0.3 is 4.74 Å². The van der Waals surface area contributed by atoms with Crippen molar-refractivity contribution in [3.05, 3.63) is 0 Å². The zero-order valence-corrected chi connectivity index (χ0v) is 9.59. The molecule has 2 aliphatic rings. The first-order valence-electron chi connectivity index (χ1n) is 5.20. The van der Waals surface area contributed by atoms with Gasteiger partial charge in [-0.25, -0.2) is 8.42 Å². The zero-order chi connectivity index (χ0) is 11.1. The fraction of sp³-hybridized carbons (Fsp3) is 0.900. The molecule has 3 unspecified atom stereocenters. The maximum Gasteiger partial charge on any atom is 0.147 e. The molecule has 0 radical (unpaired) electrons. The Morgan fingerprint density at radius 2 is 2.27 bits per heavy atom. The Morgan fingerprint density at radius 1 is 1.53 bits per heavy atom. The van der Waals surface area contributed by atoms with Crippen molar-refractivity contribution in [1.29, 1.82) is 5.26 Å². The van der Waals surface area contributed by atoms with Gasteiger partial charge in [0.15, 0.2) is 0 Å². The van der Waals surface area contributed by atoms with E-state index in [1.807, 2.05) is 0 Å². The van der Waals surface area contributed by atoms with E-state index in [2.05, 4.69) is 6.07 Å². The van der Waals surface area contributed by atoms with Gasteiger partial charge in [0.2, 0.25) is 0 Å². The van der Waals surface area contributed by atoms with Crippen molar-refractivity contribution in [2.24, 2.45) is 5.41 Å². The molecule has 4 nitrogen and oxygen atoms in total. The van der Waals surface area contributed by atoms with E-state index < -0.39 is 15.3 Å². The van der Waals surface area contributed by atoms with Crippen molar-refractivity contribution in [2.75, 3.05) is 12.0 Å². The van der Waals surface area contributed by atoms with Crippen LogP contribution in [-0.4, -0.2) is 32.6 Å². The third-order valence-corrected chi connectivity index (χ3v) is 4.40. The Balaban J connectivity index is 2.08. The summed E-state index contributed by atoms with van der Waals surface area (Å²) in [5, 5.41) is 9.21. The summed E-state index contributed by atoms with van der Waals surface area (Å²) in [6.07, 6.45) is 4.43. The van der Waals surface area contributed by atoms with Gasteiger partial charge in [0, 0.05) is 6.26 Å². The maximum atomic E-state index is 11.1. The Morgan fingerprint density at radius 3 is 2.67 bits per heavy atom. The number of nitriles is 1. The fourth-order valence-corrected chi connectivity index (χ4v) is 3.34. The first-order valence-corrected chi connectivity index (χ1v) is 7.26. The van der Waals surface area contributed by atoms with Crippen LogP contribution in [0.1, 0.15) is 25.7 Å². The molecule has 0 amide bonds. The average molecular weight is 229 g/mol. The first kappa shape index (κ1) is 10.9. The molecule has 5 heteroatoms. The number of hydrogen-bond donors (Lipinski definition) is 0. The second-order valence-electron chi connectivity index (χ2n) is 4.68. The normalized spacial score (nSPS) is 39.2. The fourth-order valence-electron chi connectivity index (χ4n) is 2.60. The summed E-state index contributed by atoms with van der Waals surface area (Å²) in [6.45, 7) is 0. The van der Waals surface area contributed by atoms with Gasteiger partial charge in [-0.05, 0) is 25.7 Å². The van der Waals surface area contributed by atoms with Crippen LogP contribution in [0.5, 0.6) is 0 Å². The van der Waals surface area contributed by atoms with Gasteiger partial charge >= 0.3 is 0 Å². The van der Waals surface area contributed by atoms with Crippen LogP contribution in [0.15, 0.2) is 0 Å². The molecule has 0 saturated carbocycles. The molecule has 2 bridgehead atoms. The monoisotopic (exact) mass is 229 g/mol. The quantitative estimate of drug-likeness (QED) is 0.720. The van der Waals surface area contributed by atoms with Gasteiger partial charge in [-0.15, -0.1) is 0 Å². The number of hydrogen-bond acceptors (Lipinski definition) is 4. The first-order chi connectivity index (χ1) is 6.95. The second kappa shape index (κ2) is 3.46. The molecule has 0 spiro atoms. The van der Waals surface area contributed by atoms with E-state index >= 15 is 0 Å². The molecule has 0 aliphatic carbocycles. The lowest BCUT2D eigenvalue weighted by atomic mass is 9.73. The summed E-state index contributed by atoms with van der Waals surface area (Å²) in [7, 11) is -2.98. The summed E-state index contributed by atoms with van der Waals surface area (Å²) in [4.78, 5) is 0. The van der Waals surface area contributed by atoms with Gasteiger partial charge in [-0.2, -0.15) is 5.26 Å². The Kier molecular flexibility index (Phi) is 2.52. The minimum absolute atomic E-state index is 0.0331. The minimum Gasteiger partial charge on any atom is -0.373 e. The molecule has 2 fully saturated rings. The highest BCUT2D eigenvalue weighted by Gasteiger charge is 2.52. The minimum atomic E-state index is -2.98. The van der Waals surface area contributed by atoms with E-state index in [1.165, 1.54) is 6.26 Å². The van der Waals surface area contributed by atoms with Crippen LogP contribution in [0.25, 0.3) is 0 Å². The standard InChI is InChI=1S/C10H15NO3S/c1-15(12,13)5-4-10(7-11)6-8-2-3-9(10)14-8/h8-9H,2-6H2,1H3. The molecule has 2 aliphatic heterocycles. The van der Waals surface area contributed by atoms with Gasteiger partial charge in [0.25, 0.3) is 0 Å². The highest BCUT2D eigenvalue weighted by Crippen LogP contribution is 2.49. The summed E-state index contributed by atoms with van der Waals surface area (Å²) >= 11 is 0. The van der Waals surface area contributed by atoms with Gasteiger partial charge in [-0.1, -0.05) is 0 Å². The molecule has 2 heterocycles. The summed E-state index contributed by atoms with van der Waals surface area (Å²) in [6, 6.07) is 2.29. The van der Waals surface area contributed by atoms with Crippen LogP contribution in [0.4, 0.5) is 0 Å². The SMILES string of the molecule is CS(=O)(=O)CCC1(C#N)CC2CCC1O2. The zero-order valence-electron chi connectivity index (χ0n) is 8.77. The van der Waals surface area contributed by atoms with Crippen molar-refractivity contribution in [3.8, 4) is 6.07 Å². The maximum absolute atomic E-state index is 11.1.